The number of pyridine rings is 1. The van der Waals surface area contributed by atoms with Crippen LogP contribution in [0.25, 0.3) is 6.08 Å². The Kier molecular flexibility index (Phi) is 2.99. The van der Waals surface area contributed by atoms with Gasteiger partial charge in [-0.25, -0.2) is 9.78 Å². The van der Waals surface area contributed by atoms with Gasteiger partial charge in [-0.2, -0.15) is 0 Å². The molecule has 1 N–H and O–H groups in total. The van der Waals surface area contributed by atoms with Gasteiger partial charge < -0.3 is 5.11 Å². The molecule has 3 nitrogen and oxygen atoms in total. The number of rotatable bonds is 2. The minimum atomic E-state index is -0.960. The summed E-state index contributed by atoms with van der Waals surface area (Å²) >= 11 is 3.17. The fraction of sp³-hybridized carbons (Fsp3) is 0. The zero-order valence-electron chi connectivity index (χ0n) is 6.07. The van der Waals surface area contributed by atoms with Crippen molar-refractivity contribution in [3.8, 4) is 0 Å². The second-order valence-corrected chi connectivity index (χ2v) is 2.90. The summed E-state index contributed by atoms with van der Waals surface area (Å²) in [5.41, 5.74) is 0.764. The summed E-state index contributed by atoms with van der Waals surface area (Å²) in [5, 5.41) is 8.31. The lowest BCUT2D eigenvalue weighted by Crippen LogP contribution is -1.85. The zero-order chi connectivity index (χ0) is 8.97. The molecule has 0 saturated carbocycles. The van der Waals surface area contributed by atoms with Crippen LogP contribution in [0.1, 0.15) is 5.56 Å². The number of hydrogen-bond donors (Lipinski definition) is 1. The monoisotopic (exact) mass is 227 g/mol. The molecule has 0 aliphatic carbocycles. The Bertz CT molecular complexity index is 305. The van der Waals surface area contributed by atoms with Crippen molar-refractivity contribution in [1.82, 2.24) is 4.98 Å². The first-order chi connectivity index (χ1) is 5.68. The van der Waals surface area contributed by atoms with E-state index in [9.17, 15) is 4.79 Å². The summed E-state index contributed by atoms with van der Waals surface area (Å²) in [4.78, 5) is 14.1. The molecule has 1 heterocycles. The Balaban J connectivity index is 2.77. The topological polar surface area (TPSA) is 50.2 Å². The zero-order valence-corrected chi connectivity index (χ0v) is 7.65. The van der Waals surface area contributed by atoms with Crippen LogP contribution in [0, 0.1) is 0 Å². The first-order valence-corrected chi connectivity index (χ1v) is 4.00. The minimum absolute atomic E-state index is 0.731. The van der Waals surface area contributed by atoms with Crippen molar-refractivity contribution in [3.63, 3.8) is 0 Å². The summed E-state index contributed by atoms with van der Waals surface area (Å²) in [6.45, 7) is 0. The quantitative estimate of drug-likeness (QED) is 0.621. The maximum Gasteiger partial charge on any atom is 0.328 e. The van der Waals surface area contributed by atoms with Crippen LogP contribution in [-0.2, 0) is 4.79 Å². The summed E-state index contributed by atoms with van der Waals surface area (Å²) in [5.74, 6) is -0.960. The number of carbonyl (C=O) groups is 1. The van der Waals surface area contributed by atoms with Gasteiger partial charge in [0.15, 0.2) is 0 Å². The molecule has 62 valence electrons. The van der Waals surface area contributed by atoms with Gasteiger partial charge in [0.05, 0.1) is 0 Å². The van der Waals surface area contributed by atoms with E-state index >= 15 is 0 Å². The first-order valence-electron chi connectivity index (χ1n) is 3.21. The molecule has 0 unspecified atom stereocenters. The van der Waals surface area contributed by atoms with E-state index in [-0.39, 0.29) is 0 Å². The molecule has 0 fully saturated rings. The second-order valence-electron chi connectivity index (χ2n) is 2.09. The van der Waals surface area contributed by atoms with Gasteiger partial charge in [-0.3, -0.25) is 0 Å². The van der Waals surface area contributed by atoms with Gasteiger partial charge in [0.25, 0.3) is 0 Å². The highest BCUT2D eigenvalue weighted by molar-refractivity contribution is 9.10. The van der Waals surface area contributed by atoms with Crippen molar-refractivity contribution in [1.29, 1.82) is 0 Å². The second kappa shape index (κ2) is 4.01. The van der Waals surface area contributed by atoms with Crippen LogP contribution in [0.5, 0.6) is 0 Å². The normalized spacial score (nSPS) is 10.4. The van der Waals surface area contributed by atoms with Gasteiger partial charge in [0.1, 0.15) is 4.60 Å². The van der Waals surface area contributed by atoms with Crippen LogP contribution in [0.3, 0.4) is 0 Å². The number of aromatic nitrogens is 1. The molecule has 0 saturated heterocycles. The molecule has 0 aromatic carbocycles. The summed E-state index contributed by atoms with van der Waals surface area (Å²) in [6.07, 6.45) is 4.15. The van der Waals surface area contributed by atoms with E-state index in [1.165, 1.54) is 6.08 Å². The molecule has 12 heavy (non-hydrogen) atoms. The molecule has 0 bridgehead atoms. The third kappa shape index (κ3) is 2.84. The molecule has 0 amide bonds. The van der Waals surface area contributed by atoms with Crippen LogP contribution in [-0.4, -0.2) is 16.1 Å². The summed E-state index contributed by atoms with van der Waals surface area (Å²) < 4.78 is 0.731. The fourth-order valence-corrected chi connectivity index (χ4v) is 0.888. The average molecular weight is 228 g/mol. The van der Waals surface area contributed by atoms with Gasteiger partial charge in [-0.1, -0.05) is 6.07 Å². The summed E-state index contributed by atoms with van der Waals surface area (Å²) in [6, 6.07) is 3.53. The molecule has 1 aromatic rings. The number of carboxylic acid groups (broad SMARTS) is 1. The van der Waals surface area contributed by atoms with E-state index in [1.54, 1.807) is 18.3 Å². The van der Waals surface area contributed by atoms with Crippen molar-refractivity contribution in [2.45, 2.75) is 0 Å². The van der Waals surface area contributed by atoms with Crippen LogP contribution in [0.2, 0.25) is 0 Å². The van der Waals surface area contributed by atoms with Crippen LogP contribution in [0.15, 0.2) is 29.0 Å². The smallest absolute Gasteiger partial charge is 0.328 e. The molecule has 0 radical (unpaired) electrons. The van der Waals surface area contributed by atoms with Crippen molar-refractivity contribution in [3.05, 3.63) is 34.6 Å². The maximum absolute atomic E-state index is 10.1. The predicted molar refractivity (Wildman–Crippen MR) is 48.6 cm³/mol. The van der Waals surface area contributed by atoms with Crippen molar-refractivity contribution in [2.24, 2.45) is 0 Å². The van der Waals surface area contributed by atoms with Gasteiger partial charge in [-0.15, -0.1) is 0 Å². The number of nitrogens with zero attached hydrogens (tertiary/aromatic N) is 1. The van der Waals surface area contributed by atoms with Gasteiger partial charge in [-0.05, 0) is 33.6 Å². The van der Waals surface area contributed by atoms with E-state index in [2.05, 4.69) is 20.9 Å². The SMILES string of the molecule is O=C(O)/C=C\c1ccc(Br)nc1. The molecule has 0 aliphatic heterocycles. The molecule has 4 heteroatoms. The molecular formula is C8H6BrNO2. The third-order valence-electron chi connectivity index (χ3n) is 1.17. The lowest BCUT2D eigenvalue weighted by atomic mass is 10.3. The predicted octanol–water partition coefficient (Wildman–Crippen LogP) is 1.94. The number of halogens is 1. The number of hydrogen-bond acceptors (Lipinski definition) is 2. The standard InChI is InChI=1S/C8H6BrNO2/c9-7-3-1-6(5-10-7)2-4-8(11)12/h1-5H,(H,11,12)/b4-2-. The highest BCUT2D eigenvalue weighted by Gasteiger charge is 1.90. The summed E-state index contributed by atoms with van der Waals surface area (Å²) in [7, 11) is 0. The van der Waals surface area contributed by atoms with E-state index < -0.39 is 5.97 Å². The third-order valence-corrected chi connectivity index (χ3v) is 1.64. The van der Waals surface area contributed by atoms with Crippen molar-refractivity contribution in [2.75, 3.05) is 0 Å². The van der Waals surface area contributed by atoms with Gasteiger partial charge in [0.2, 0.25) is 0 Å². The Morgan fingerprint density at radius 3 is 2.83 bits per heavy atom. The van der Waals surface area contributed by atoms with Crippen LogP contribution in [0.4, 0.5) is 0 Å². The first kappa shape index (κ1) is 8.93. The lowest BCUT2D eigenvalue weighted by Gasteiger charge is -1.90. The fourth-order valence-electron chi connectivity index (χ4n) is 0.653. The van der Waals surface area contributed by atoms with E-state index in [0.29, 0.717) is 0 Å². The number of carboxylic acids is 1. The average Bonchev–Trinajstić information content (AvgIpc) is 2.03. The maximum atomic E-state index is 10.1. The molecule has 0 aliphatic rings. The Morgan fingerprint density at radius 1 is 1.58 bits per heavy atom. The molecule has 0 atom stereocenters. The van der Waals surface area contributed by atoms with E-state index in [0.717, 1.165) is 16.2 Å². The lowest BCUT2D eigenvalue weighted by molar-refractivity contribution is -0.131. The van der Waals surface area contributed by atoms with Crippen molar-refractivity contribution >= 4 is 28.0 Å². The molecule has 1 rings (SSSR count). The van der Waals surface area contributed by atoms with E-state index in [1.807, 2.05) is 0 Å². The highest BCUT2D eigenvalue weighted by atomic mass is 79.9. The minimum Gasteiger partial charge on any atom is -0.478 e. The Morgan fingerprint density at radius 2 is 2.33 bits per heavy atom. The van der Waals surface area contributed by atoms with Crippen LogP contribution >= 0.6 is 15.9 Å². The largest absolute Gasteiger partial charge is 0.478 e. The molecule has 0 spiro atoms. The Hall–Kier alpha value is -1.16. The van der Waals surface area contributed by atoms with Gasteiger partial charge in [0, 0.05) is 12.3 Å². The molecule has 1 aromatic heterocycles. The Labute approximate surface area is 77.9 Å². The van der Waals surface area contributed by atoms with E-state index in [4.69, 9.17) is 5.11 Å². The highest BCUT2D eigenvalue weighted by Crippen LogP contribution is 2.07. The van der Waals surface area contributed by atoms with Gasteiger partial charge >= 0.3 is 5.97 Å². The number of aliphatic carboxylic acids is 1. The molecular weight excluding hydrogens is 222 g/mol. The van der Waals surface area contributed by atoms with Crippen molar-refractivity contribution < 1.29 is 9.90 Å². The van der Waals surface area contributed by atoms with Crippen LogP contribution < -0.4 is 0 Å².